The van der Waals surface area contributed by atoms with Gasteiger partial charge in [-0.2, -0.15) is 0 Å². The highest BCUT2D eigenvalue weighted by Crippen LogP contribution is 2.23. The Kier molecular flexibility index (Phi) is 5.92. The first-order valence-corrected chi connectivity index (χ1v) is 9.27. The number of rotatable bonds is 6. The second-order valence-electron chi connectivity index (χ2n) is 5.61. The van der Waals surface area contributed by atoms with E-state index in [4.69, 9.17) is 16.3 Å². The Morgan fingerprint density at radius 1 is 1.16 bits per heavy atom. The van der Waals surface area contributed by atoms with E-state index in [1.807, 2.05) is 0 Å². The second kappa shape index (κ2) is 7.76. The van der Waals surface area contributed by atoms with Crippen molar-refractivity contribution >= 4 is 33.2 Å². The van der Waals surface area contributed by atoms with Crippen molar-refractivity contribution in [1.29, 1.82) is 0 Å². The lowest BCUT2D eigenvalue weighted by Gasteiger charge is -2.13. The summed E-state index contributed by atoms with van der Waals surface area (Å²) in [5.74, 6) is 0.230. The molecule has 0 saturated heterocycles. The van der Waals surface area contributed by atoms with Crippen LogP contribution in [0.15, 0.2) is 47.4 Å². The van der Waals surface area contributed by atoms with Crippen LogP contribution in [0.4, 0.5) is 5.69 Å². The predicted molar refractivity (Wildman–Crippen MR) is 97.6 cm³/mol. The van der Waals surface area contributed by atoms with Crippen LogP contribution in [0, 0.1) is 6.92 Å². The molecule has 1 N–H and O–H groups in total. The molecular formula is C17H19ClN2O4S. The van der Waals surface area contributed by atoms with Crippen LogP contribution >= 0.6 is 11.6 Å². The fourth-order valence-corrected chi connectivity index (χ4v) is 3.29. The fourth-order valence-electron chi connectivity index (χ4n) is 1.93. The first kappa shape index (κ1) is 19.1. The first-order valence-electron chi connectivity index (χ1n) is 7.41. The SMILES string of the molecule is Cc1cc(Cl)ccc1NS(=O)(=O)c1ccc(OCC(=O)N(C)C)cc1. The third kappa shape index (κ3) is 5.11. The largest absolute Gasteiger partial charge is 0.484 e. The van der Waals surface area contributed by atoms with E-state index >= 15 is 0 Å². The molecule has 0 aromatic heterocycles. The summed E-state index contributed by atoms with van der Waals surface area (Å²) >= 11 is 5.88. The molecule has 0 heterocycles. The van der Waals surface area contributed by atoms with Crippen LogP contribution in [0.3, 0.4) is 0 Å². The maximum atomic E-state index is 12.5. The minimum atomic E-state index is -3.73. The molecule has 6 nitrogen and oxygen atoms in total. The Morgan fingerprint density at radius 3 is 2.36 bits per heavy atom. The molecule has 8 heteroatoms. The number of halogens is 1. The summed E-state index contributed by atoms with van der Waals surface area (Å²) in [7, 11) is -0.472. The highest BCUT2D eigenvalue weighted by Gasteiger charge is 2.15. The average Bonchev–Trinajstić information content (AvgIpc) is 2.55. The molecule has 134 valence electrons. The number of carbonyl (C=O) groups is 1. The number of likely N-dealkylation sites (N-methyl/N-ethyl adjacent to an activating group) is 1. The summed E-state index contributed by atoms with van der Waals surface area (Å²) in [6.45, 7) is 1.66. The van der Waals surface area contributed by atoms with Crippen LogP contribution in [-0.4, -0.2) is 39.9 Å². The lowest BCUT2D eigenvalue weighted by atomic mass is 10.2. The normalized spacial score (nSPS) is 11.0. The zero-order chi connectivity index (χ0) is 18.6. The molecule has 2 aromatic rings. The van der Waals surface area contributed by atoms with Gasteiger partial charge in [-0.1, -0.05) is 11.6 Å². The maximum absolute atomic E-state index is 12.5. The number of nitrogens with one attached hydrogen (secondary N) is 1. The Morgan fingerprint density at radius 2 is 1.80 bits per heavy atom. The van der Waals surface area contributed by atoms with Gasteiger partial charge in [0.05, 0.1) is 10.6 Å². The van der Waals surface area contributed by atoms with Gasteiger partial charge in [-0.05, 0) is 55.0 Å². The molecule has 0 saturated carbocycles. The van der Waals surface area contributed by atoms with Crippen LogP contribution in [0.2, 0.25) is 5.02 Å². The van der Waals surface area contributed by atoms with Crippen LogP contribution in [0.5, 0.6) is 5.75 Å². The summed E-state index contributed by atoms with van der Waals surface area (Å²) in [5, 5.41) is 0.536. The van der Waals surface area contributed by atoms with Gasteiger partial charge in [0.15, 0.2) is 6.61 Å². The van der Waals surface area contributed by atoms with Gasteiger partial charge >= 0.3 is 0 Å². The quantitative estimate of drug-likeness (QED) is 0.833. The standard InChI is InChI=1S/C17H19ClN2O4S/c1-12-10-13(18)4-9-16(12)19-25(22,23)15-7-5-14(6-8-15)24-11-17(21)20(2)3/h4-10,19H,11H2,1-3H3. The number of benzene rings is 2. The molecule has 1 amide bonds. The zero-order valence-corrected chi connectivity index (χ0v) is 15.7. The molecule has 0 atom stereocenters. The molecule has 25 heavy (non-hydrogen) atoms. The lowest BCUT2D eigenvalue weighted by molar-refractivity contribution is -0.130. The van der Waals surface area contributed by atoms with Gasteiger partial charge in [0.2, 0.25) is 0 Å². The zero-order valence-electron chi connectivity index (χ0n) is 14.1. The van der Waals surface area contributed by atoms with E-state index in [9.17, 15) is 13.2 Å². The van der Waals surface area contributed by atoms with Crippen molar-refractivity contribution in [1.82, 2.24) is 4.90 Å². The van der Waals surface area contributed by atoms with Gasteiger partial charge in [-0.15, -0.1) is 0 Å². The molecule has 0 aliphatic rings. The summed E-state index contributed by atoms with van der Waals surface area (Å²) in [6, 6.07) is 10.8. The number of nitrogens with zero attached hydrogens (tertiary/aromatic N) is 1. The number of carbonyl (C=O) groups excluding carboxylic acids is 1. The van der Waals surface area contributed by atoms with Gasteiger partial charge in [0, 0.05) is 19.1 Å². The highest BCUT2D eigenvalue weighted by atomic mass is 35.5. The Balaban J connectivity index is 2.10. The van der Waals surface area contributed by atoms with Crippen molar-refractivity contribution in [3.63, 3.8) is 0 Å². The summed E-state index contributed by atoms with van der Waals surface area (Å²) < 4.78 is 32.8. The van der Waals surface area contributed by atoms with Crippen molar-refractivity contribution in [3.05, 3.63) is 53.1 Å². The van der Waals surface area contributed by atoms with E-state index < -0.39 is 10.0 Å². The molecule has 2 rings (SSSR count). The molecule has 2 aromatic carbocycles. The second-order valence-corrected chi connectivity index (χ2v) is 7.73. The third-order valence-electron chi connectivity index (χ3n) is 3.43. The van der Waals surface area contributed by atoms with E-state index in [2.05, 4.69) is 4.72 Å². The van der Waals surface area contributed by atoms with Crippen LogP contribution in [0.1, 0.15) is 5.56 Å². The molecule has 0 spiro atoms. The lowest BCUT2D eigenvalue weighted by Crippen LogP contribution is -2.27. The predicted octanol–water partition coefficient (Wildman–Crippen LogP) is 2.92. The number of hydrogen-bond acceptors (Lipinski definition) is 4. The van der Waals surface area contributed by atoms with Crippen LogP contribution in [-0.2, 0) is 14.8 Å². The number of aryl methyl sites for hydroxylation is 1. The molecule has 0 fully saturated rings. The van der Waals surface area contributed by atoms with Gasteiger partial charge < -0.3 is 9.64 Å². The van der Waals surface area contributed by atoms with Gasteiger partial charge in [-0.25, -0.2) is 8.42 Å². The van der Waals surface area contributed by atoms with Crippen molar-refractivity contribution in [3.8, 4) is 5.75 Å². The Bertz CT molecular complexity index is 865. The molecule has 0 aliphatic carbocycles. The van der Waals surface area contributed by atoms with E-state index in [0.29, 0.717) is 16.5 Å². The summed E-state index contributed by atoms with van der Waals surface area (Å²) in [5.41, 5.74) is 1.18. The van der Waals surface area contributed by atoms with Gasteiger partial charge in [0.25, 0.3) is 15.9 Å². The number of ether oxygens (including phenoxy) is 1. The summed E-state index contributed by atoms with van der Waals surface area (Å²) in [6.07, 6.45) is 0. The van der Waals surface area contributed by atoms with Crippen molar-refractivity contribution < 1.29 is 17.9 Å². The Labute approximate surface area is 152 Å². The summed E-state index contributed by atoms with van der Waals surface area (Å²) in [4.78, 5) is 13.0. The fraction of sp³-hybridized carbons (Fsp3) is 0.235. The molecule has 0 unspecified atom stereocenters. The molecule has 0 bridgehead atoms. The smallest absolute Gasteiger partial charge is 0.261 e. The van der Waals surface area contributed by atoms with E-state index in [1.165, 1.54) is 29.2 Å². The number of anilines is 1. The van der Waals surface area contributed by atoms with E-state index in [-0.39, 0.29) is 17.4 Å². The number of sulfonamides is 1. The number of hydrogen-bond donors (Lipinski definition) is 1. The highest BCUT2D eigenvalue weighted by molar-refractivity contribution is 7.92. The molecule has 0 radical (unpaired) electrons. The minimum absolute atomic E-state index is 0.0909. The van der Waals surface area contributed by atoms with E-state index in [0.717, 1.165) is 5.56 Å². The third-order valence-corrected chi connectivity index (χ3v) is 5.04. The van der Waals surface area contributed by atoms with Crippen molar-refractivity contribution in [2.45, 2.75) is 11.8 Å². The van der Waals surface area contributed by atoms with E-state index in [1.54, 1.807) is 39.2 Å². The molecular weight excluding hydrogens is 364 g/mol. The molecule has 0 aliphatic heterocycles. The first-order chi connectivity index (χ1) is 11.7. The monoisotopic (exact) mass is 382 g/mol. The maximum Gasteiger partial charge on any atom is 0.261 e. The van der Waals surface area contributed by atoms with Crippen molar-refractivity contribution in [2.75, 3.05) is 25.4 Å². The Hall–Kier alpha value is -2.25. The van der Waals surface area contributed by atoms with Gasteiger partial charge in [-0.3, -0.25) is 9.52 Å². The van der Waals surface area contributed by atoms with Crippen LogP contribution < -0.4 is 9.46 Å². The van der Waals surface area contributed by atoms with Gasteiger partial charge in [0.1, 0.15) is 5.75 Å². The topological polar surface area (TPSA) is 75.7 Å². The van der Waals surface area contributed by atoms with Crippen molar-refractivity contribution in [2.24, 2.45) is 0 Å². The van der Waals surface area contributed by atoms with Crippen LogP contribution in [0.25, 0.3) is 0 Å². The minimum Gasteiger partial charge on any atom is -0.484 e. The average molecular weight is 383 g/mol. The number of amides is 1.